The monoisotopic (exact) mass is 290 g/mol. The third-order valence-electron chi connectivity index (χ3n) is 2.31. The van der Waals surface area contributed by atoms with Gasteiger partial charge in [-0.1, -0.05) is 0 Å². The van der Waals surface area contributed by atoms with Crippen molar-refractivity contribution in [3.63, 3.8) is 0 Å². The molecule has 4 heteroatoms. The molecular weight excluding hydrogens is 272 g/mol. The molecule has 0 fully saturated rings. The van der Waals surface area contributed by atoms with Gasteiger partial charge in [0.1, 0.15) is 0 Å². The van der Waals surface area contributed by atoms with Gasteiger partial charge in [-0.3, -0.25) is 0 Å². The van der Waals surface area contributed by atoms with Crippen LogP contribution < -0.4 is 5.32 Å². The van der Waals surface area contributed by atoms with Gasteiger partial charge in [-0.2, -0.15) is 0 Å². The van der Waals surface area contributed by atoms with Crippen molar-refractivity contribution < 1.29 is 0 Å². The average Bonchev–Trinajstić information content (AvgIpc) is 2.58. The van der Waals surface area contributed by atoms with E-state index in [9.17, 15) is 0 Å². The number of nitrogens with zero attached hydrogens (tertiary/aromatic N) is 1. The lowest BCUT2D eigenvalue weighted by Gasteiger charge is -2.16. The van der Waals surface area contributed by atoms with E-state index >= 15 is 0 Å². The minimum absolute atomic E-state index is 0.571. The molecule has 1 aromatic heterocycles. The summed E-state index contributed by atoms with van der Waals surface area (Å²) in [4.78, 5) is 3.60. The van der Waals surface area contributed by atoms with E-state index in [1.807, 2.05) is 0 Å². The lowest BCUT2D eigenvalue weighted by atomic mass is 10.2. The van der Waals surface area contributed by atoms with Crippen LogP contribution in [0.1, 0.15) is 18.2 Å². The van der Waals surface area contributed by atoms with Gasteiger partial charge in [0.2, 0.25) is 0 Å². The minimum Gasteiger partial charge on any atom is -0.309 e. The second-order valence-electron chi connectivity index (χ2n) is 4.07. The van der Waals surface area contributed by atoms with Gasteiger partial charge in [-0.25, -0.2) is 0 Å². The molecule has 1 aromatic rings. The van der Waals surface area contributed by atoms with Crippen LogP contribution in [0.4, 0.5) is 0 Å². The van der Waals surface area contributed by atoms with E-state index < -0.39 is 0 Å². The zero-order valence-electron chi connectivity index (χ0n) is 9.59. The van der Waals surface area contributed by atoms with Crippen molar-refractivity contribution in [2.75, 3.05) is 20.6 Å². The predicted molar refractivity (Wildman–Crippen MR) is 71.5 cm³/mol. The number of thiophene rings is 1. The van der Waals surface area contributed by atoms with Gasteiger partial charge in [-0.05, 0) is 61.4 Å². The number of hydrogen-bond donors (Lipinski definition) is 1. The fourth-order valence-corrected chi connectivity index (χ4v) is 2.72. The fraction of sp³-hybridized carbons (Fsp3) is 0.636. The summed E-state index contributed by atoms with van der Waals surface area (Å²) in [5.74, 6) is 0. The highest BCUT2D eigenvalue weighted by molar-refractivity contribution is 9.10. The number of halogens is 1. The molecule has 0 spiro atoms. The molecule has 0 bridgehead atoms. The summed E-state index contributed by atoms with van der Waals surface area (Å²) >= 11 is 5.34. The van der Waals surface area contributed by atoms with E-state index in [2.05, 4.69) is 58.6 Å². The van der Waals surface area contributed by atoms with Crippen LogP contribution in [0.2, 0.25) is 0 Å². The van der Waals surface area contributed by atoms with Crippen molar-refractivity contribution in [3.05, 3.63) is 20.8 Å². The highest BCUT2D eigenvalue weighted by Crippen LogP contribution is 2.22. The Bertz CT molecular complexity index is 286. The van der Waals surface area contributed by atoms with E-state index in [1.54, 1.807) is 11.3 Å². The Labute approximate surface area is 105 Å². The van der Waals surface area contributed by atoms with Crippen molar-refractivity contribution in [1.82, 2.24) is 10.2 Å². The summed E-state index contributed by atoms with van der Waals surface area (Å²) in [6.07, 6.45) is 1.19. The molecule has 86 valence electrons. The first-order chi connectivity index (χ1) is 7.09. The van der Waals surface area contributed by atoms with Gasteiger partial charge in [0.25, 0.3) is 0 Å². The smallest absolute Gasteiger partial charge is 0.0327 e. The molecular formula is C11H19BrN2S. The molecule has 0 saturated heterocycles. The first kappa shape index (κ1) is 13.2. The topological polar surface area (TPSA) is 15.3 Å². The summed E-state index contributed by atoms with van der Waals surface area (Å²) in [6.45, 7) is 4.34. The summed E-state index contributed by atoms with van der Waals surface area (Å²) in [7, 11) is 4.23. The quantitative estimate of drug-likeness (QED) is 0.867. The maximum atomic E-state index is 3.54. The van der Waals surface area contributed by atoms with Crippen LogP contribution in [0.25, 0.3) is 0 Å². The van der Waals surface area contributed by atoms with Crippen molar-refractivity contribution in [1.29, 1.82) is 0 Å². The molecule has 0 aliphatic carbocycles. The normalized spacial score (nSPS) is 13.4. The molecule has 15 heavy (non-hydrogen) atoms. The van der Waals surface area contributed by atoms with Crippen molar-refractivity contribution in [3.8, 4) is 0 Å². The van der Waals surface area contributed by atoms with Crippen LogP contribution in [0.3, 0.4) is 0 Å². The number of rotatable bonds is 6. The second kappa shape index (κ2) is 6.63. The molecule has 1 N–H and O–H groups in total. The highest BCUT2D eigenvalue weighted by Gasteiger charge is 2.05. The summed E-state index contributed by atoms with van der Waals surface area (Å²) < 4.78 is 1.22. The van der Waals surface area contributed by atoms with E-state index in [0.717, 1.165) is 13.1 Å². The third kappa shape index (κ3) is 5.11. The Hall–Kier alpha value is 0.100. The Balaban J connectivity index is 2.22. The van der Waals surface area contributed by atoms with Gasteiger partial charge in [0.15, 0.2) is 0 Å². The van der Waals surface area contributed by atoms with Crippen LogP contribution >= 0.6 is 27.3 Å². The van der Waals surface area contributed by atoms with Crippen LogP contribution in [0.5, 0.6) is 0 Å². The SMILES string of the molecule is CC(CCN(C)C)NCc1sccc1Br. The zero-order valence-corrected chi connectivity index (χ0v) is 12.0. The molecule has 0 radical (unpaired) electrons. The molecule has 1 rings (SSSR count). The largest absolute Gasteiger partial charge is 0.309 e. The van der Waals surface area contributed by atoms with Gasteiger partial charge < -0.3 is 10.2 Å². The average molecular weight is 291 g/mol. The molecule has 0 amide bonds. The Morgan fingerprint density at radius 2 is 2.27 bits per heavy atom. The first-order valence-corrected chi connectivity index (χ1v) is 6.87. The third-order valence-corrected chi connectivity index (χ3v) is 4.24. The maximum Gasteiger partial charge on any atom is 0.0327 e. The lowest BCUT2D eigenvalue weighted by Crippen LogP contribution is -2.29. The lowest BCUT2D eigenvalue weighted by molar-refractivity contribution is 0.366. The first-order valence-electron chi connectivity index (χ1n) is 5.19. The highest BCUT2D eigenvalue weighted by atomic mass is 79.9. The number of nitrogens with one attached hydrogen (secondary N) is 1. The van der Waals surface area contributed by atoms with Gasteiger partial charge in [-0.15, -0.1) is 11.3 Å². The maximum absolute atomic E-state index is 3.54. The molecule has 0 aliphatic rings. The Kier molecular flexibility index (Phi) is 5.82. The van der Waals surface area contributed by atoms with Crippen LogP contribution in [-0.4, -0.2) is 31.6 Å². The second-order valence-corrected chi connectivity index (χ2v) is 5.92. The van der Waals surface area contributed by atoms with E-state index in [4.69, 9.17) is 0 Å². The Morgan fingerprint density at radius 3 is 2.80 bits per heavy atom. The van der Waals surface area contributed by atoms with Crippen LogP contribution in [-0.2, 0) is 6.54 Å². The molecule has 0 saturated carbocycles. The van der Waals surface area contributed by atoms with Gasteiger partial charge in [0.05, 0.1) is 0 Å². The van der Waals surface area contributed by atoms with Crippen molar-refractivity contribution in [2.45, 2.75) is 25.9 Å². The molecule has 0 aromatic carbocycles. The van der Waals surface area contributed by atoms with Gasteiger partial charge in [0, 0.05) is 21.9 Å². The molecule has 1 heterocycles. The van der Waals surface area contributed by atoms with Crippen molar-refractivity contribution in [2.24, 2.45) is 0 Å². The molecule has 0 aliphatic heterocycles. The summed E-state index contributed by atoms with van der Waals surface area (Å²) in [5.41, 5.74) is 0. The molecule has 1 unspecified atom stereocenters. The van der Waals surface area contributed by atoms with Crippen LogP contribution in [0, 0.1) is 0 Å². The number of hydrogen-bond acceptors (Lipinski definition) is 3. The van der Waals surface area contributed by atoms with Crippen LogP contribution in [0.15, 0.2) is 15.9 Å². The summed E-state index contributed by atoms with van der Waals surface area (Å²) in [6, 6.07) is 2.67. The van der Waals surface area contributed by atoms with E-state index in [1.165, 1.54) is 15.8 Å². The zero-order chi connectivity index (χ0) is 11.3. The van der Waals surface area contributed by atoms with E-state index in [0.29, 0.717) is 6.04 Å². The molecule has 1 atom stereocenters. The van der Waals surface area contributed by atoms with Crippen molar-refractivity contribution >= 4 is 27.3 Å². The van der Waals surface area contributed by atoms with Gasteiger partial charge >= 0.3 is 0 Å². The predicted octanol–water partition coefficient (Wildman–Crippen LogP) is 2.94. The Morgan fingerprint density at radius 1 is 1.53 bits per heavy atom. The molecule has 2 nitrogen and oxygen atoms in total. The minimum atomic E-state index is 0.571. The summed E-state index contributed by atoms with van der Waals surface area (Å²) in [5, 5.41) is 5.65. The fourth-order valence-electron chi connectivity index (χ4n) is 1.27. The standard InChI is InChI=1S/C11H19BrN2S/c1-9(4-6-14(2)3)13-8-11-10(12)5-7-15-11/h5,7,9,13H,4,6,8H2,1-3H3. The van der Waals surface area contributed by atoms with E-state index in [-0.39, 0.29) is 0 Å².